The first-order valence-electron chi connectivity index (χ1n) is 6.48. The van der Waals surface area contributed by atoms with Crippen LogP contribution in [-0.2, 0) is 0 Å². The van der Waals surface area contributed by atoms with E-state index < -0.39 is 0 Å². The Morgan fingerprint density at radius 2 is 2.22 bits per heavy atom. The molecule has 2 heterocycles. The standard InChI is InChI=1S/C14H20ClN3/c1-2-3-4-13(18-9-7-16-8-10-18)12-5-6-14(15)17-11-12/h2,5-6,11,13,16H,1,3-4,7-10H2/t13-/m0/s1. The van der Waals surface area contributed by atoms with Gasteiger partial charge >= 0.3 is 0 Å². The smallest absolute Gasteiger partial charge is 0.129 e. The molecule has 98 valence electrons. The third-order valence-corrected chi connectivity index (χ3v) is 3.60. The molecule has 1 saturated heterocycles. The molecule has 1 aromatic rings. The number of hydrogen-bond donors (Lipinski definition) is 1. The molecule has 1 N–H and O–H groups in total. The van der Waals surface area contributed by atoms with Crippen LogP contribution in [0.2, 0.25) is 5.15 Å². The zero-order chi connectivity index (χ0) is 12.8. The average molecular weight is 266 g/mol. The number of pyridine rings is 1. The second kappa shape index (κ2) is 6.88. The van der Waals surface area contributed by atoms with Crippen LogP contribution >= 0.6 is 11.6 Å². The van der Waals surface area contributed by atoms with E-state index in [2.05, 4.69) is 27.8 Å². The zero-order valence-corrected chi connectivity index (χ0v) is 11.4. The van der Waals surface area contributed by atoms with Crippen LogP contribution in [0.25, 0.3) is 0 Å². The number of halogens is 1. The molecule has 0 spiro atoms. The monoisotopic (exact) mass is 265 g/mol. The summed E-state index contributed by atoms with van der Waals surface area (Å²) in [5, 5.41) is 3.94. The van der Waals surface area contributed by atoms with Crippen LogP contribution in [0.1, 0.15) is 24.4 Å². The van der Waals surface area contributed by atoms with Gasteiger partial charge in [0.15, 0.2) is 0 Å². The summed E-state index contributed by atoms with van der Waals surface area (Å²) in [5.41, 5.74) is 1.25. The Bertz CT molecular complexity index is 371. The Labute approximate surface area is 114 Å². The number of rotatable bonds is 5. The second-order valence-electron chi connectivity index (χ2n) is 4.58. The molecule has 4 heteroatoms. The highest BCUT2D eigenvalue weighted by molar-refractivity contribution is 6.29. The van der Waals surface area contributed by atoms with E-state index in [-0.39, 0.29) is 0 Å². The first-order valence-corrected chi connectivity index (χ1v) is 6.86. The summed E-state index contributed by atoms with van der Waals surface area (Å²) in [7, 11) is 0. The molecule has 0 amide bonds. The summed E-state index contributed by atoms with van der Waals surface area (Å²) in [6.07, 6.45) is 6.00. The van der Waals surface area contributed by atoms with Gasteiger partial charge in [-0.25, -0.2) is 4.98 Å². The normalized spacial score (nSPS) is 18.5. The van der Waals surface area contributed by atoms with E-state index >= 15 is 0 Å². The molecular weight excluding hydrogens is 246 g/mol. The fraction of sp³-hybridized carbons (Fsp3) is 0.500. The third-order valence-electron chi connectivity index (χ3n) is 3.37. The molecule has 0 bridgehead atoms. The largest absolute Gasteiger partial charge is 0.314 e. The van der Waals surface area contributed by atoms with Gasteiger partial charge in [-0.15, -0.1) is 6.58 Å². The minimum Gasteiger partial charge on any atom is -0.314 e. The van der Waals surface area contributed by atoms with Crippen molar-refractivity contribution in [2.45, 2.75) is 18.9 Å². The van der Waals surface area contributed by atoms with Gasteiger partial charge in [0.2, 0.25) is 0 Å². The van der Waals surface area contributed by atoms with Gasteiger partial charge in [0, 0.05) is 38.4 Å². The van der Waals surface area contributed by atoms with Crippen LogP contribution in [0, 0.1) is 0 Å². The number of piperazine rings is 1. The number of allylic oxidation sites excluding steroid dienone is 1. The maximum absolute atomic E-state index is 5.86. The Morgan fingerprint density at radius 3 is 2.83 bits per heavy atom. The predicted molar refractivity (Wildman–Crippen MR) is 75.9 cm³/mol. The molecule has 1 fully saturated rings. The molecule has 0 aromatic carbocycles. The molecule has 3 nitrogen and oxygen atoms in total. The molecule has 0 aliphatic carbocycles. The van der Waals surface area contributed by atoms with E-state index in [1.807, 2.05) is 18.3 Å². The lowest BCUT2D eigenvalue weighted by Gasteiger charge is -2.35. The van der Waals surface area contributed by atoms with Crippen molar-refractivity contribution in [3.63, 3.8) is 0 Å². The fourth-order valence-electron chi connectivity index (χ4n) is 2.41. The van der Waals surface area contributed by atoms with Gasteiger partial charge in [-0.1, -0.05) is 23.7 Å². The molecule has 1 aliphatic rings. The van der Waals surface area contributed by atoms with Gasteiger partial charge in [-0.05, 0) is 24.5 Å². The minimum atomic E-state index is 0.426. The topological polar surface area (TPSA) is 28.2 Å². The van der Waals surface area contributed by atoms with Crippen molar-refractivity contribution in [2.75, 3.05) is 26.2 Å². The number of aromatic nitrogens is 1. The average Bonchev–Trinajstić information content (AvgIpc) is 2.42. The van der Waals surface area contributed by atoms with Gasteiger partial charge in [0.25, 0.3) is 0 Å². The summed E-state index contributed by atoms with van der Waals surface area (Å²) in [4.78, 5) is 6.72. The zero-order valence-electron chi connectivity index (χ0n) is 10.6. The number of nitrogens with one attached hydrogen (secondary N) is 1. The molecule has 0 radical (unpaired) electrons. The third kappa shape index (κ3) is 3.55. The fourth-order valence-corrected chi connectivity index (χ4v) is 2.53. The van der Waals surface area contributed by atoms with Crippen molar-refractivity contribution in [2.24, 2.45) is 0 Å². The summed E-state index contributed by atoms with van der Waals surface area (Å²) >= 11 is 5.86. The highest BCUT2D eigenvalue weighted by Gasteiger charge is 2.21. The Hall–Kier alpha value is -0.900. The highest BCUT2D eigenvalue weighted by Crippen LogP contribution is 2.26. The maximum atomic E-state index is 5.86. The molecular formula is C14H20ClN3. The minimum absolute atomic E-state index is 0.426. The summed E-state index contributed by atoms with van der Waals surface area (Å²) in [6, 6.07) is 4.39. The molecule has 1 atom stereocenters. The quantitative estimate of drug-likeness (QED) is 0.655. The second-order valence-corrected chi connectivity index (χ2v) is 4.97. The van der Waals surface area contributed by atoms with Crippen LogP contribution in [0.4, 0.5) is 0 Å². The van der Waals surface area contributed by atoms with Crippen LogP contribution < -0.4 is 5.32 Å². The van der Waals surface area contributed by atoms with Gasteiger partial charge in [0.1, 0.15) is 5.15 Å². The first-order chi connectivity index (χ1) is 8.81. The van der Waals surface area contributed by atoms with Crippen molar-refractivity contribution in [3.05, 3.63) is 41.7 Å². The molecule has 18 heavy (non-hydrogen) atoms. The van der Waals surface area contributed by atoms with Gasteiger partial charge in [-0.3, -0.25) is 4.90 Å². The van der Waals surface area contributed by atoms with Crippen molar-refractivity contribution in [1.82, 2.24) is 15.2 Å². The van der Waals surface area contributed by atoms with E-state index in [4.69, 9.17) is 11.6 Å². The van der Waals surface area contributed by atoms with Crippen LogP contribution in [-0.4, -0.2) is 36.1 Å². The van der Waals surface area contributed by atoms with E-state index in [0.29, 0.717) is 11.2 Å². The predicted octanol–water partition coefficient (Wildman–Crippen LogP) is 2.65. The van der Waals surface area contributed by atoms with Crippen molar-refractivity contribution in [3.8, 4) is 0 Å². The lowest BCUT2D eigenvalue weighted by molar-refractivity contribution is 0.166. The number of nitrogens with zero attached hydrogens (tertiary/aromatic N) is 2. The lowest BCUT2D eigenvalue weighted by atomic mass is 10.0. The molecule has 0 unspecified atom stereocenters. The van der Waals surface area contributed by atoms with Crippen LogP contribution in [0.15, 0.2) is 31.0 Å². The SMILES string of the molecule is C=CCC[C@@H](c1ccc(Cl)nc1)N1CCNCC1. The van der Waals surface area contributed by atoms with Crippen molar-refractivity contribution in [1.29, 1.82) is 0 Å². The Morgan fingerprint density at radius 1 is 1.44 bits per heavy atom. The van der Waals surface area contributed by atoms with E-state index in [1.54, 1.807) is 0 Å². The first kappa shape index (κ1) is 13.5. The van der Waals surface area contributed by atoms with Crippen LogP contribution in [0.3, 0.4) is 0 Å². The Kier molecular flexibility index (Phi) is 5.17. The van der Waals surface area contributed by atoms with E-state index in [9.17, 15) is 0 Å². The molecule has 1 aliphatic heterocycles. The van der Waals surface area contributed by atoms with Crippen molar-refractivity contribution >= 4 is 11.6 Å². The van der Waals surface area contributed by atoms with Gasteiger partial charge in [-0.2, -0.15) is 0 Å². The molecule has 0 saturated carbocycles. The van der Waals surface area contributed by atoms with Gasteiger partial charge in [0.05, 0.1) is 0 Å². The lowest BCUT2D eigenvalue weighted by Crippen LogP contribution is -2.45. The number of hydrogen-bond acceptors (Lipinski definition) is 3. The van der Waals surface area contributed by atoms with Crippen LogP contribution in [0.5, 0.6) is 0 Å². The molecule has 2 rings (SSSR count). The summed E-state index contributed by atoms with van der Waals surface area (Å²) in [5.74, 6) is 0. The van der Waals surface area contributed by atoms with E-state index in [0.717, 1.165) is 39.0 Å². The maximum Gasteiger partial charge on any atom is 0.129 e. The highest BCUT2D eigenvalue weighted by atomic mass is 35.5. The molecule has 1 aromatic heterocycles. The summed E-state index contributed by atoms with van der Waals surface area (Å²) < 4.78 is 0. The Balaban J connectivity index is 2.12. The summed E-state index contributed by atoms with van der Waals surface area (Å²) in [6.45, 7) is 8.12. The van der Waals surface area contributed by atoms with E-state index in [1.165, 1.54) is 5.56 Å². The van der Waals surface area contributed by atoms with Crippen molar-refractivity contribution < 1.29 is 0 Å². The van der Waals surface area contributed by atoms with Gasteiger partial charge < -0.3 is 5.32 Å².